The zero-order chi connectivity index (χ0) is 15.9. The number of para-hydroxylation sites is 1. The maximum atomic E-state index is 11.9. The third-order valence-electron chi connectivity index (χ3n) is 3.21. The Kier molecular flexibility index (Phi) is 5.08. The van der Waals surface area contributed by atoms with Crippen molar-refractivity contribution >= 4 is 11.6 Å². The molecule has 1 amide bonds. The largest absolute Gasteiger partial charge is 0.508 e. The van der Waals surface area contributed by atoms with Gasteiger partial charge in [-0.1, -0.05) is 30.3 Å². The van der Waals surface area contributed by atoms with Crippen molar-refractivity contribution < 1.29 is 14.8 Å². The summed E-state index contributed by atoms with van der Waals surface area (Å²) >= 11 is 0. The molecule has 6 heteroatoms. The zero-order valence-electron chi connectivity index (χ0n) is 11.9. The van der Waals surface area contributed by atoms with Crippen LogP contribution in [0.15, 0.2) is 48.5 Å². The molecule has 0 bridgehead atoms. The maximum absolute atomic E-state index is 11.9. The van der Waals surface area contributed by atoms with Gasteiger partial charge >= 0.3 is 0 Å². The first-order valence-electron chi connectivity index (χ1n) is 6.83. The predicted molar refractivity (Wildman–Crippen MR) is 81.6 cm³/mol. The van der Waals surface area contributed by atoms with Crippen LogP contribution < -0.4 is 5.32 Å². The molecule has 2 aromatic carbocycles. The minimum absolute atomic E-state index is 0.0211. The van der Waals surface area contributed by atoms with E-state index in [9.17, 15) is 20.0 Å². The van der Waals surface area contributed by atoms with Crippen LogP contribution in [-0.4, -0.2) is 22.5 Å². The third-order valence-corrected chi connectivity index (χ3v) is 3.21. The second-order valence-electron chi connectivity index (χ2n) is 4.83. The molecule has 0 saturated heterocycles. The van der Waals surface area contributed by atoms with Crippen LogP contribution in [0.5, 0.6) is 5.75 Å². The number of hydrogen-bond donors (Lipinski definition) is 2. The Morgan fingerprint density at radius 2 is 1.82 bits per heavy atom. The summed E-state index contributed by atoms with van der Waals surface area (Å²) in [6.45, 7) is 0.435. The van der Waals surface area contributed by atoms with Gasteiger partial charge in [-0.15, -0.1) is 0 Å². The smallest absolute Gasteiger partial charge is 0.273 e. The molecule has 6 nitrogen and oxygen atoms in total. The summed E-state index contributed by atoms with van der Waals surface area (Å²) < 4.78 is 0. The Bertz CT molecular complexity index is 668. The Hall–Kier alpha value is -2.89. The first-order valence-corrected chi connectivity index (χ1v) is 6.83. The summed E-state index contributed by atoms with van der Waals surface area (Å²) in [5.74, 6) is -0.0581. The normalized spacial score (nSPS) is 10.2. The first-order chi connectivity index (χ1) is 10.6. The lowest BCUT2D eigenvalue weighted by Gasteiger charge is -2.06. The summed E-state index contributed by atoms with van der Waals surface area (Å²) in [5, 5.41) is 22.8. The van der Waals surface area contributed by atoms with Gasteiger partial charge in [-0.2, -0.15) is 0 Å². The van der Waals surface area contributed by atoms with E-state index in [1.165, 1.54) is 6.07 Å². The fourth-order valence-corrected chi connectivity index (χ4v) is 2.08. The molecule has 0 heterocycles. The number of hydrogen-bond acceptors (Lipinski definition) is 4. The molecule has 2 N–H and O–H groups in total. The van der Waals surface area contributed by atoms with Gasteiger partial charge in [-0.05, 0) is 24.1 Å². The highest BCUT2D eigenvalue weighted by Crippen LogP contribution is 2.17. The molecule has 114 valence electrons. The van der Waals surface area contributed by atoms with E-state index in [2.05, 4.69) is 5.32 Å². The highest BCUT2D eigenvalue weighted by Gasteiger charge is 2.15. The third kappa shape index (κ3) is 4.31. The van der Waals surface area contributed by atoms with Gasteiger partial charge in [0.25, 0.3) is 5.69 Å². The van der Waals surface area contributed by atoms with Crippen molar-refractivity contribution in [1.29, 1.82) is 0 Å². The van der Waals surface area contributed by atoms with Crippen LogP contribution in [-0.2, 0) is 17.6 Å². The summed E-state index contributed by atoms with van der Waals surface area (Å²) in [4.78, 5) is 22.3. The summed E-state index contributed by atoms with van der Waals surface area (Å²) in [7, 11) is 0. The van der Waals surface area contributed by atoms with Crippen molar-refractivity contribution in [2.45, 2.75) is 12.8 Å². The average Bonchev–Trinajstić information content (AvgIpc) is 2.49. The van der Waals surface area contributed by atoms with Gasteiger partial charge in [0, 0.05) is 18.2 Å². The van der Waals surface area contributed by atoms with E-state index in [1.807, 2.05) is 0 Å². The van der Waals surface area contributed by atoms with Crippen LogP contribution in [0.25, 0.3) is 0 Å². The number of carbonyl (C=O) groups is 1. The number of phenols is 1. The van der Waals surface area contributed by atoms with Crippen molar-refractivity contribution in [3.05, 3.63) is 69.8 Å². The van der Waals surface area contributed by atoms with Crippen LogP contribution in [0.3, 0.4) is 0 Å². The van der Waals surface area contributed by atoms with Crippen molar-refractivity contribution in [2.75, 3.05) is 6.54 Å². The van der Waals surface area contributed by atoms with Crippen molar-refractivity contribution in [1.82, 2.24) is 5.32 Å². The summed E-state index contributed by atoms with van der Waals surface area (Å²) in [6.07, 6.45) is 0.607. The molecule has 0 radical (unpaired) electrons. The topological polar surface area (TPSA) is 92.5 Å². The first kappa shape index (κ1) is 15.5. The molecule has 0 unspecified atom stereocenters. The van der Waals surface area contributed by atoms with Crippen molar-refractivity contribution in [3.8, 4) is 5.75 Å². The number of nitro benzene ring substituents is 1. The second kappa shape index (κ2) is 7.21. The van der Waals surface area contributed by atoms with E-state index in [0.29, 0.717) is 18.5 Å². The molecule has 22 heavy (non-hydrogen) atoms. The van der Waals surface area contributed by atoms with Gasteiger partial charge in [0.1, 0.15) is 5.75 Å². The van der Waals surface area contributed by atoms with Gasteiger partial charge in [-0.3, -0.25) is 14.9 Å². The lowest BCUT2D eigenvalue weighted by atomic mass is 10.1. The molecular weight excluding hydrogens is 284 g/mol. The minimum Gasteiger partial charge on any atom is -0.508 e. The molecular formula is C16H16N2O4. The van der Waals surface area contributed by atoms with Crippen LogP contribution in [0, 0.1) is 10.1 Å². The molecule has 0 aromatic heterocycles. The monoisotopic (exact) mass is 300 g/mol. The number of amides is 1. The second-order valence-corrected chi connectivity index (χ2v) is 4.83. The molecule has 0 saturated carbocycles. The SMILES string of the molecule is O=C(Cc1ccccc1[N+](=O)[O-])NCCc1ccc(O)cc1. The number of benzene rings is 2. The van der Waals surface area contributed by atoms with Crippen LogP contribution in [0.2, 0.25) is 0 Å². The molecule has 2 aromatic rings. The van der Waals surface area contributed by atoms with E-state index >= 15 is 0 Å². The van der Waals surface area contributed by atoms with Gasteiger partial charge in [0.15, 0.2) is 0 Å². The molecule has 0 atom stereocenters. The number of carbonyl (C=O) groups excluding carboxylic acids is 1. The Morgan fingerprint density at radius 1 is 1.14 bits per heavy atom. The zero-order valence-corrected chi connectivity index (χ0v) is 11.9. The minimum atomic E-state index is -0.487. The number of nitrogens with one attached hydrogen (secondary N) is 1. The number of phenolic OH excluding ortho intramolecular Hbond substituents is 1. The Labute approximate surface area is 127 Å². The van der Waals surface area contributed by atoms with Crippen LogP contribution in [0.1, 0.15) is 11.1 Å². The van der Waals surface area contributed by atoms with E-state index in [4.69, 9.17) is 0 Å². The fourth-order valence-electron chi connectivity index (χ4n) is 2.08. The standard InChI is InChI=1S/C16H16N2O4/c19-14-7-5-12(6-8-14)9-10-17-16(20)11-13-3-1-2-4-15(13)18(21)22/h1-8,19H,9-11H2,(H,17,20). The maximum Gasteiger partial charge on any atom is 0.273 e. The van der Waals surface area contributed by atoms with Gasteiger partial charge in [-0.25, -0.2) is 0 Å². The molecule has 0 spiro atoms. The van der Waals surface area contributed by atoms with E-state index in [0.717, 1.165) is 5.56 Å². The van der Waals surface area contributed by atoms with E-state index in [1.54, 1.807) is 42.5 Å². The average molecular weight is 300 g/mol. The predicted octanol–water partition coefficient (Wildman–Crippen LogP) is 2.20. The van der Waals surface area contributed by atoms with Gasteiger partial charge in [0.2, 0.25) is 5.91 Å². The van der Waals surface area contributed by atoms with Gasteiger partial charge in [0.05, 0.1) is 11.3 Å². The van der Waals surface area contributed by atoms with Crippen molar-refractivity contribution in [3.63, 3.8) is 0 Å². The molecule has 2 rings (SSSR count). The summed E-state index contributed by atoms with van der Waals surface area (Å²) in [6, 6.07) is 13.0. The van der Waals surface area contributed by atoms with Gasteiger partial charge < -0.3 is 10.4 Å². The highest BCUT2D eigenvalue weighted by molar-refractivity contribution is 5.79. The number of rotatable bonds is 6. The summed E-state index contributed by atoms with van der Waals surface area (Å²) in [5.41, 5.74) is 1.34. The number of nitrogens with zero attached hydrogens (tertiary/aromatic N) is 1. The molecule has 0 fully saturated rings. The van der Waals surface area contributed by atoms with Crippen LogP contribution in [0.4, 0.5) is 5.69 Å². The lowest BCUT2D eigenvalue weighted by molar-refractivity contribution is -0.385. The lowest BCUT2D eigenvalue weighted by Crippen LogP contribution is -2.27. The molecule has 0 aliphatic heterocycles. The Balaban J connectivity index is 1.86. The fraction of sp³-hybridized carbons (Fsp3) is 0.188. The quantitative estimate of drug-likeness (QED) is 0.632. The van der Waals surface area contributed by atoms with Crippen LogP contribution >= 0.6 is 0 Å². The van der Waals surface area contributed by atoms with E-state index < -0.39 is 4.92 Å². The molecule has 0 aliphatic carbocycles. The van der Waals surface area contributed by atoms with E-state index in [-0.39, 0.29) is 23.8 Å². The highest BCUT2D eigenvalue weighted by atomic mass is 16.6. The van der Waals surface area contributed by atoms with Crippen molar-refractivity contribution in [2.24, 2.45) is 0 Å². The number of aromatic hydroxyl groups is 1. The molecule has 0 aliphatic rings. The Morgan fingerprint density at radius 3 is 2.50 bits per heavy atom. The number of nitro groups is 1.